The highest BCUT2D eigenvalue weighted by Crippen LogP contribution is 2.38. The lowest BCUT2D eigenvalue weighted by atomic mass is 10.1. The summed E-state index contributed by atoms with van der Waals surface area (Å²) in [7, 11) is 0. The zero-order valence-electron chi connectivity index (χ0n) is 14.7. The molecular formula is C20H23Cl2NO3. The summed E-state index contributed by atoms with van der Waals surface area (Å²) in [5.41, 5.74) is 1.95. The minimum atomic E-state index is -0.0527. The van der Waals surface area contributed by atoms with Gasteiger partial charge in [0.1, 0.15) is 6.61 Å². The van der Waals surface area contributed by atoms with Crippen LogP contribution < -0.4 is 4.74 Å². The Kier molecular flexibility index (Phi) is 6.17. The molecule has 140 valence electrons. The van der Waals surface area contributed by atoms with Gasteiger partial charge in [-0.2, -0.15) is 0 Å². The number of para-hydroxylation sites is 1. The van der Waals surface area contributed by atoms with E-state index in [9.17, 15) is 10.2 Å². The third-order valence-corrected chi connectivity index (χ3v) is 5.42. The molecule has 1 atom stereocenters. The average molecular weight is 396 g/mol. The lowest BCUT2D eigenvalue weighted by Gasteiger charge is -2.28. The van der Waals surface area contributed by atoms with E-state index < -0.39 is 0 Å². The summed E-state index contributed by atoms with van der Waals surface area (Å²) >= 11 is 12.3. The van der Waals surface area contributed by atoms with Crippen molar-refractivity contribution >= 4 is 23.2 Å². The van der Waals surface area contributed by atoms with Crippen LogP contribution in [0.4, 0.5) is 0 Å². The molecule has 0 radical (unpaired) electrons. The third-order valence-electron chi connectivity index (χ3n) is 4.82. The van der Waals surface area contributed by atoms with Gasteiger partial charge >= 0.3 is 0 Å². The molecule has 0 fully saturated rings. The SMILES string of the molecule is CCCN(CCOc1c(Cl)cccc1Cl)C1Cc2ccc(O)c(O)c2C1. The van der Waals surface area contributed by atoms with Crippen molar-refractivity contribution in [2.75, 3.05) is 19.7 Å². The van der Waals surface area contributed by atoms with Crippen molar-refractivity contribution in [2.24, 2.45) is 0 Å². The van der Waals surface area contributed by atoms with Crippen molar-refractivity contribution in [2.45, 2.75) is 32.2 Å². The Hall–Kier alpha value is -1.62. The molecule has 1 aliphatic carbocycles. The molecule has 6 heteroatoms. The number of fused-ring (bicyclic) bond motifs is 1. The van der Waals surface area contributed by atoms with Gasteiger partial charge < -0.3 is 14.9 Å². The lowest BCUT2D eigenvalue weighted by Crippen LogP contribution is -2.39. The van der Waals surface area contributed by atoms with Crippen LogP contribution >= 0.6 is 23.2 Å². The molecule has 0 heterocycles. The first-order valence-electron chi connectivity index (χ1n) is 8.84. The maximum absolute atomic E-state index is 10.1. The lowest BCUT2D eigenvalue weighted by molar-refractivity contribution is 0.162. The second-order valence-electron chi connectivity index (χ2n) is 6.57. The molecule has 3 rings (SSSR count). The van der Waals surface area contributed by atoms with Crippen LogP contribution in [0.3, 0.4) is 0 Å². The topological polar surface area (TPSA) is 52.9 Å². The fourth-order valence-electron chi connectivity index (χ4n) is 3.55. The highest BCUT2D eigenvalue weighted by molar-refractivity contribution is 6.37. The number of hydrogen-bond donors (Lipinski definition) is 2. The maximum Gasteiger partial charge on any atom is 0.161 e. The van der Waals surface area contributed by atoms with Crippen LogP contribution in [-0.2, 0) is 12.8 Å². The molecule has 0 spiro atoms. The second kappa shape index (κ2) is 8.38. The highest BCUT2D eigenvalue weighted by atomic mass is 35.5. The van der Waals surface area contributed by atoms with Crippen molar-refractivity contribution in [3.63, 3.8) is 0 Å². The first-order chi connectivity index (χ1) is 12.5. The fourth-order valence-corrected chi connectivity index (χ4v) is 4.06. The molecule has 2 aromatic rings. The largest absolute Gasteiger partial charge is 0.504 e. The number of nitrogens with zero attached hydrogens (tertiary/aromatic N) is 1. The molecule has 1 unspecified atom stereocenters. The smallest absolute Gasteiger partial charge is 0.161 e. The Morgan fingerprint density at radius 1 is 1.08 bits per heavy atom. The van der Waals surface area contributed by atoms with Gasteiger partial charge in [0.05, 0.1) is 10.0 Å². The molecule has 0 amide bonds. The minimum absolute atomic E-state index is 0.0144. The Morgan fingerprint density at radius 3 is 2.50 bits per heavy atom. The molecule has 1 aliphatic rings. The summed E-state index contributed by atoms with van der Waals surface area (Å²) in [5.74, 6) is 0.480. The van der Waals surface area contributed by atoms with Crippen LogP contribution in [0, 0.1) is 0 Å². The molecule has 2 aromatic carbocycles. The summed E-state index contributed by atoms with van der Waals surface area (Å²) in [4.78, 5) is 2.36. The fraction of sp³-hybridized carbons (Fsp3) is 0.400. The summed E-state index contributed by atoms with van der Waals surface area (Å²) in [6.07, 6.45) is 2.61. The number of phenols is 2. The van der Waals surface area contributed by atoms with E-state index in [-0.39, 0.29) is 17.5 Å². The molecule has 0 bridgehead atoms. The van der Waals surface area contributed by atoms with Gasteiger partial charge in [-0.3, -0.25) is 4.90 Å². The Bertz CT molecular complexity index is 762. The maximum atomic E-state index is 10.1. The van der Waals surface area contributed by atoms with E-state index in [0.717, 1.165) is 43.5 Å². The molecular weight excluding hydrogens is 373 g/mol. The molecule has 4 nitrogen and oxygen atoms in total. The number of rotatable bonds is 7. The second-order valence-corrected chi connectivity index (χ2v) is 7.38. The molecule has 0 saturated heterocycles. The third kappa shape index (κ3) is 4.03. The molecule has 2 N–H and O–H groups in total. The van der Waals surface area contributed by atoms with E-state index in [2.05, 4.69) is 11.8 Å². The van der Waals surface area contributed by atoms with Crippen LogP contribution in [0.15, 0.2) is 30.3 Å². The van der Waals surface area contributed by atoms with Gasteiger partial charge in [0.25, 0.3) is 0 Å². The normalized spacial score (nSPS) is 16.1. The van der Waals surface area contributed by atoms with Gasteiger partial charge in [0.2, 0.25) is 0 Å². The summed E-state index contributed by atoms with van der Waals surface area (Å²) in [5, 5.41) is 20.8. The number of halogens is 2. The first-order valence-corrected chi connectivity index (χ1v) is 9.60. The monoisotopic (exact) mass is 395 g/mol. The van der Waals surface area contributed by atoms with Gasteiger partial charge in [-0.25, -0.2) is 0 Å². The van der Waals surface area contributed by atoms with Gasteiger partial charge in [-0.1, -0.05) is 42.3 Å². The van der Waals surface area contributed by atoms with Crippen molar-refractivity contribution < 1.29 is 14.9 Å². The van der Waals surface area contributed by atoms with E-state index >= 15 is 0 Å². The average Bonchev–Trinajstić information content (AvgIpc) is 3.05. The van der Waals surface area contributed by atoms with E-state index in [1.54, 1.807) is 24.3 Å². The van der Waals surface area contributed by atoms with Crippen LogP contribution in [-0.4, -0.2) is 40.9 Å². The van der Waals surface area contributed by atoms with Crippen molar-refractivity contribution in [3.8, 4) is 17.2 Å². The van der Waals surface area contributed by atoms with Crippen molar-refractivity contribution in [3.05, 3.63) is 51.5 Å². The summed E-state index contributed by atoms with van der Waals surface area (Å²) in [6, 6.07) is 9.05. The Labute approximate surface area is 163 Å². The van der Waals surface area contributed by atoms with Gasteiger partial charge in [0, 0.05) is 18.2 Å². The van der Waals surface area contributed by atoms with E-state index in [1.807, 2.05) is 6.07 Å². The predicted molar refractivity (Wildman–Crippen MR) is 105 cm³/mol. The zero-order chi connectivity index (χ0) is 18.7. The molecule has 0 saturated carbocycles. The first kappa shape index (κ1) is 19.2. The van der Waals surface area contributed by atoms with Gasteiger partial charge in [-0.15, -0.1) is 0 Å². The van der Waals surface area contributed by atoms with Crippen LogP contribution in [0.2, 0.25) is 10.0 Å². The summed E-state index contributed by atoms with van der Waals surface area (Å²) in [6.45, 7) is 4.30. The molecule has 26 heavy (non-hydrogen) atoms. The minimum Gasteiger partial charge on any atom is -0.504 e. The number of hydrogen-bond acceptors (Lipinski definition) is 4. The highest BCUT2D eigenvalue weighted by Gasteiger charge is 2.29. The van der Waals surface area contributed by atoms with Crippen molar-refractivity contribution in [1.82, 2.24) is 4.90 Å². The van der Waals surface area contributed by atoms with Crippen LogP contribution in [0.1, 0.15) is 24.5 Å². The van der Waals surface area contributed by atoms with E-state index in [4.69, 9.17) is 27.9 Å². The number of benzene rings is 2. The van der Waals surface area contributed by atoms with Gasteiger partial charge in [-0.05, 0) is 49.6 Å². The quantitative estimate of drug-likeness (QED) is 0.669. The summed E-state index contributed by atoms with van der Waals surface area (Å²) < 4.78 is 5.83. The van der Waals surface area contributed by atoms with E-state index in [0.29, 0.717) is 22.4 Å². The van der Waals surface area contributed by atoms with Gasteiger partial charge in [0.15, 0.2) is 17.2 Å². The Balaban J connectivity index is 1.64. The molecule has 0 aliphatic heterocycles. The van der Waals surface area contributed by atoms with Crippen molar-refractivity contribution in [1.29, 1.82) is 0 Å². The number of ether oxygens (including phenoxy) is 1. The predicted octanol–water partition coefficient (Wildman–Crippen LogP) is 4.66. The molecule has 0 aromatic heterocycles. The zero-order valence-corrected chi connectivity index (χ0v) is 16.2. The number of phenolic OH excluding ortho intramolecular Hbond substituents is 2. The van der Waals surface area contributed by atoms with Crippen LogP contribution in [0.25, 0.3) is 0 Å². The van der Waals surface area contributed by atoms with Crippen LogP contribution in [0.5, 0.6) is 17.2 Å². The Morgan fingerprint density at radius 2 is 1.81 bits per heavy atom. The van der Waals surface area contributed by atoms with E-state index in [1.165, 1.54) is 0 Å². The standard InChI is InChI=1S/C20H23Cl2NO3/c1-2-8-23(9-10-26-20-16(21)4-3-5-17(20)22)14-11-13-6-7-18(24)19(25)15(13)12-14/h3-7,14,24-25H,2,8-12H2,1H3. The number of aromatic hydroxyl groups is 2.